The minimum absolute atomic E-state index is 0.0342. The Morgan fingerprint density at radius 2 is 1.68 bits per heavy atom. The third kappa shape index (κ3) is 4.66. The number of hydrogen-bond donors (Lipinski definition) is 0. The Morgan fingerprint density at radius 3 is 2.32 bits per heavy atom. The minimum atomic E-state index is -3.67. The fourth-order valence-corrected chi connectivity index (χ4v) is 3.09. The van der Waals surface area contributed by atoms with Crippen molar-refractivity contribution in [3.63, 3.8) is 0 Å². The molecule has 0 fully saturated rings. The van der Waals surface area contributed by atoms with Crippen LogP contribution < -0.4 is 0 Å². The third-order valence-corrected chi connectivity index (χ3v) is 5.38. The number of nitrogens with zero attached hydrogens (tertiary/aromatic N) is 1. The molecule has 6 nitrogen and oxygen atoms in total. The Balaban J connectivity index is 2.10. The van der Waals surface area contributed by atoms with Crippen LogP contribution >= 0.6 is 11.6 Å². The van der Waals surface area contributed by atoms with Crippen molar-refractivity contribution < 1.29 is 22.7 Å². The van der Waals surface area contributed by atoms with Crippen LogP contribution in [0, 0.1) is 0 Å². The van der Waals surface area contributed by atoms with Crippen molar-refractivity contribution in [3.8, 4) is 0 Å². The predicted molar refractivity (Wildman–Crippen MR) is 93.4 cm³/mol. The molecule has 0 N–H and O–H groups in total. The Kier molecular flexibility index (Phi) is 5.94. The standard InChI is InChI=1S/C17H16ClNO5S/c1-19(2)25(22,23)15-8-4-6-13(10-15)17(21)24-11-16(20)12-5-3-7-14(18)9-12/h3-10H,11H2,1-2H3. The van der Waals surface area contributed by atoms with E-state index in [1.165, 1.54) is 44.4 Å². The van der Waals surface area contributed by atoms with Crippen molar-refractivity contribution >= 4 is 33.4 Å². The molecule has 0 aliphatic heterocycles. The van der Waals surface area contributed by atoms with E-state index < -0.39 is 28.4 Å². The van der Waals surface area contributed by atoms with E-state index in [4.69, 9.17) is 16.3 Å². The molecule has 2 rings (SSSR count). The first-order chi connectivity index (χ1) is 11.7. The van der Waals surface area contributed by atoms with Crippen LogP contribution in [-0.2, 0) is 14.8 Å². The van der Waals surface area contributed by atoms with Gasteiger partial charge in [0.2, 0.25) is 10.0 Å². The Hall–Kier alpha value is -2.22. The Morgan fingerprint density at radius 1 is 1.04 bits per heavy atom. The van der Waals surface area contributed by atoms with Gasteiger partial charge in [0.05, 0.1) is 10.5 Å². The van der Waals surface area contributed by atoms with Crippen LogP contribution in [0.5, 0.6) is 0 Å². The summed E-state index contributed by atoms with van der Waals surface area (Å²) in [5.74, 6) is -1.20. The van der Waals surface area contributed by atoms with E-state index >= 15 is 0 Å². The van der Waals surface area contributed by atoms with E-state index in [-0.39, 0.29) is 10.5 Å². The Bertz CT molecular complexity index is 909. The average Bonchev–Trinajstić information content (AvgIpc) is 2.59. The monoisotopic (exact) mass is 381 g/mol. The first kappa shape index (κ1) is 19.1. The maximum atomic E-state index is 12.1. The molecule has 0 radical (unpaired) electrons. The van der Waals surface area contributed by atoms with Crippen molar-refractivity contribution in [2.24, 2.45) is 0 Å². The lowest BCUT2D eigenvalue weighted by atomic mass is 10.1. The second-order valence-corrected chi connectivity index (χ2v) is 7.91. The highest BCUT2D eigenvalue weighted by Gasteiger charge is 2.19. The van der Waals surface area contributed by atoms with Gasteiger partial charge in [-0.25, -0.2) is 17.5 Å². The van der Waals surface area contributed by atoms with Gasteiger partial charge in [0, 0.05) is 24.7 Å². The Labute approximate surface area is 151 Å². The van der Waals surface area contributed by atoms with Gasteiger partial charge >= 0.3 is 5.97 Å². The van der Waals surface area contributed by atoms with Crippen molar-refractivity contribution in [1.82, 2.24) is 4.31 Å². The first-order valence-electron chi connectivity index (χ1n) is 7.20. The molecule has 0 heterocycles. The van der Waals surface area contributed by atoms with Crippen molar-refractivity contribution in [1.29, 1.82) is 0 Å². The molecule has 2 aromatic carbocycles. The molecule has 0 aromatic heterocycles. The van der Waals surface area contributed by atoms with Gasteiger partial charge in [-0.3, -0.25) is 4.79 Å². The van der Waals surface area contributed by atoms with E-state index in [0.717, 1.165) is 4.31 Å². The molecular weight excluding hydrogens is 366 g/mol. The van der Waals surface area contributed by atoms with E-state index in [1.54, 1.807) is 18.2 Å². The summed E-state index contributed by atoms with van der Waals surface area (Å²) >= 11 is 5.81. The van der Waals surface area contributed by atoms with E-state index in [1.807, 2.05) is 0 Å². The lowest BCUT2D eigenvalue weighted by Crippen LogP contribution is -2.22. The highest BCUT2D eigenvalue weighted by atomic mass is 35.5. The number of halogens is 1. The lowest BCUT2D eigenvalue weighted by Gasteiger charge is -2.12. The van der Waals surface area contributed by atoms with Gasteiger partial charge in [0.15, 0.2) is 12.4 Å². The van der Waals surface area contributed by atoms with Crippen LogP contribution in [-0.4, -0.2) is 45.2 Å². The van der Waals surface area contributed by atoms with Gasteiger partial charge in [-0.05, 0) is 30.3 Å². The summed E-state index contributed by atoms with van der Waals surface area (Å²) in [6, 6.07) is 11.7. The molecular formula is C17H16ClNO5S. The quantitative estimate of drug-likeness (QED) is 0.567. The smallest absolute Gasteiger partial charge is 0.338 e. The van der Waals surface area contributed by atoms with Crippen LogP contribution in [0.2, 0.25) is 5.02 Å². The SMILES string of the molecule is CN(C)S(=O)(=O)c1cccc(C(=O)OCC(=O)c2cccc(Cl)c2)c1. The number of carbonyl (C=O) groups excluding carboxylic acids is 2. The number of sulfonamides is 1. The lowest BCUT2D eigenvalue weighted by molar-refractivity contribution is 0.0474. The number of hydrogen-bond acceptors (Lipinski definition) is 5. The number of benzene rings is 2. The maximum absolute atomic E-state index is 12.1. The van der Waals surface area contributed by atoms with Gasteiger partial charge in [-0.15, -0.1) is 0 Å². The number of carbonyl (C=O) groups is 2. The van der Waals surface area contributed by atoms with Gasteiger partial charge in [0.1, 0.15) is 0 Å². The van der Waals surface area contributed by atoms with Gasteiger partial charge in [0.25, 0.3) is 0 Å². The number of ether oxygens (including phenoxy) is 1. The first-order valence-corrected chi connectivity index (χ1v) is 9.02. The fraction of sp³-hybridized carbons (Fsp3) is 0.176. The summed E-state index contributed by atoms with van der Waals surface area (Å²) in [6.07, 6.45) is 0. The summed E-state index contributed by atoms with van der Waals surface area (Å²) in [7, 11) is -0.882. The topological polar surface area (TPSA) is 80.8 Å². The molecule has 0 atom stereocenters. The van der Waals surface area contributed by atoms with E-state index in [9.17, 15) is 18.0 Å². The zero-order chi connectivity index (χ0) is 18.6. The summed E-state index contributed by atoms with van der Waals surface area (Å²) in [5, 5.41) is 0.402. The zero-order valence-corrected chi connectivity index (χ0v) is 15.2. The summed E-state index contributed by atoms with van der Waals surface area (Å²) in [5.41, 5.74) is 0.367. The fourth-order valence-electron chi connectivity index (χ4n) is 1.95. The number of Topliss-reactive ketones (excluding diaryl/α,β-unsaturated/α-hetero) is 1. The van der Waals surface area contributed by atoms with Crippen molar-refractivity contribution in [2.75, 3.05) is 20.7 Å². The summed E-state index contributed by atoms with van der Waals surface area (Å²) in [6.45, 7) is -0.468. The van der Waals surface area contributed by atoms with E-state index in [0.29, 0.717) is 10.6 Å². The molecule has 0 saturated carbocycles. The molecule has 25 heavy (non-hydrogen) atoms. The van der Waals surface area contributed by atoms with Crippen LogP contribution in [0.3, 0.4) is 0 Å². The van der Waals surface area contributed by atoms with Gasteiger partial charge in [-0.2, -0.15) is 0 Å². The predicted octanol–water partition coefficient (Wildman–Crippen LogP) is 2.63. The molecule has 8 heteroatoms. The number of esters is 1. The average molecular weight is 382 g/mol. The van der Waals surface area contributed by atoms with Crippen molar-refractivity contribution in [2.45, 2.75) is 4.90 Å². The highest BCUT2D eigenvalue weighted by molar-refractivity contribution is 7.89. The van der Waals surface area contributed by atoms with Gasteiger partial charge in [-0.1, -0.05) is 29.8 Å². The van der Waals surface area contributed by atoms with Crippen LogP contribution in [0.15, 0.2) is 53.4 Å². The molecule has 0 aliphatic rings. The number of ketones is 1. The normalized spacial score (nSPS) is 11.4. The van der Waals surface area contributed by atoms with Crippen LogP contribution in [0.25, 0.3) is 0 Å². The molecule has 2 aromatic rings. The third-order valence-electron chi connectivity index (χ3n) is 3.33. The minimum Gasteiger partial charge on any atom is -0.454 e. The molecule has 0 amide bonds. The van der Waals surface area contributed by atoms with Crippen LogP contribution in [0.1, 0.15) is 20.7 Å². The molecule has 0 aliphatic carbocycles. The molecule has 0 bridgehead atoms. The largest absolute Gasteiger partial charge is 0.454 e. The molecule has 0 saturated heterocycles. The van der Waals surface area contributed by atoms with Crippen LogP contribution in [0.4, 0.5) is 0 Å². The van der Waals surface area contributed by atoms with Gasteiger partial charge < -0.3 is 4.74 Å². The second-order valence-electron chi connectivity index (χ2n) is 5.32. The highest BCUT2D eigenvalue weighted by Crippen LogP contribution is 2.16. The molecule has 0 unspecified atom stereocenters. The summed E-state index contributed by atoms with van der Waals surface area (Å²) in [4.78, 5) is 24.1. The molecule has 132 valence electrons. The van der Waals surface area contributed by atoms with E-state index in [2.05, 4.69) is 0 Å². The summed E-state index contributed by atoms with van der Waals surface area (Å²) < 4.78 is 30.2. The van der Waals surface area contributed by atoms with Crippen molar-refractivity contribution in [3.05, 3.63) is 64.7 Å². The molecule has 0 spiro atoms. The zero-order valence-electron chi connectivity index (χ0n) is 13.6. The number of rotatable bonds is 6. The maximum Gasteiger partial charge on any atom is 0.338 e. The second kappa shape index (κ2) is 7.77.